The molecule has 0 saturated carbocycles. The molecule has 1 saturated heterocycles. The lowest BCUT2D eigenvalue weighted by atomic mass is 10.2. The van der Waals surface area contributed by atoms with Gasteiger partial charge in [-0.2, -0.15) is 0 Å². The summed E-state index contributed by atoms with van der Waals surface area (Å²) in [4.78, 5) is 8.75. The summed E-state index contributed by atoms with van der Waals surface area (Å²) in [7, 11) is 0. The van der Waals surface area contributed by atoms with Gasteiger partial charge in [0.25, 0.3) is 0 Å². The van der Waals surface area contributed by atoms with E-state index in [0.717, 1.165) is 45.7 Å². The normalized spacial score (nSPS) is 18.8. The van der Waals surface area contributed by atoms with Gasteiger partial charge in [-0.25, -0.2) is 4.98 Å². The predicted octanol–water partition coefficient (Wildman–Crippen LogP) is 1.23. The number of aromatic nitrogens is 1. The highest BCUT2D eigenvalue weighted by molar-refractivity contribution is 6.29. The minimum atomic E-state index is 0.250. The Bertz CT molecular complexity index is 375. The Morgan fingerprint density at radius 1 is 1.22 bits per heavy atom. The minimum absolute atomic E-state index is 0.250. The second kappa shape index (κ2) is 7.04. The maximum Gasteiger partial charge on any atom is 0.129 e. The zero-order chi connectivity index (χ0) is 12.8. The molecule has 0 aliphatic carbocycles. The van der Waals surface area contributed by atoms with Crippen molar-refractivity contribution in [1.82, 2.24) is 14.8 Å². The molecule has 100 valence electrons. The average molecular weight is 270 g/mol. The van der Waals surface area contributed by atoms with E-state index in [2.05, 4.69) is 14.8 Å². The van der Waals surface area contributed by atoms with Gasteiger partial charge in [-0.05, 0) is 37.2 Å². The van der Waals surface area contributed by atoms with Gasteiger partial charge in [-0.1, -0.05) is 11.6 Å². The SMILES string of the molecule is OCCN1CCCN(Cc2ccnc(Cl)c2)CC1. The maximum absolute atomic E-state index is 8.97. The molecule has 5 heteroatoms. The maximum atomic E-state index is 8.97. The summed E-state index contributed by atoms with van der Waals surface area (Å²) in [6.07, 6.45) is 2.91. The van der Waals surface area contributed by atoms with Crippen molar-refractivity contribution in [2.75, 3.05) is 39.3 Å². The van der Waals surface area contributed by atoms with Gasteiger partial charge >= 0.3 is 0 Å². The highest BCUT2D eigenvalue weighted by Gasteiger charge is 2.14. The third kappa shape index (κ3) is 4.21. The second-order valence-corrected chi connectivity index (χ2v) is 5.07. The van der Waals surface area contributed by atoms with Gasteiger partial charge < -0.3 is 5.11 Å². The number of hydrogen-bond donors (Lipinski definition) is 1. The summed E-state index contributed by atoms with van der Waals surface area (Å²) < 4.78 is 0. The van der Waals surface area contributed by atoms with Crippen LogP contribution >= 0.6 is 11.6 Å². The molecule has 1 aromatic heterocycles. The van der Waals surface area contributed by atoms with Crippen LogP contribution in [0.1, 0.15) is 12.0 Å². The third-order valence-corrected chi connectivity index (χ3v) is 3.50. The first kappa shape index (κ1) is 13.7. The van der Waals surface area contributed by atoms with Crippen LogP contribution in [-0.4, -0.2) is 59.2 Å². The van der Waals surface area contributed by atoms with Gasteiger partial charge in [-0.3, -0.25) is 9.80 Å². The quantitative estimate of drug-likeness (QED) is 0.835. The summed E-state index contributed by atoms with van der Waals surface area (Å²) in [6.45, 7) is 6.21. The standard InChI is InChI=1S/C13H20ClN3O/c14-13-10-12(2-3-15-13)11-17-5-1-4-16(6-7-17)8-9-18/h2-3,10,18H,1,4-9,11H2. The van der Waals surface area contributed by atoms with Crippen molar-refractivity contribution >= 4 is 11.6 Å². The highest BCUT2D eigenvalue weighted by Crippen LogP contribution is 2.11. The molecule has 1 aliphatic rings. The van der Waals surface area contributed by atoms with Crippen LogP contribution in [0.3, 0.4) is 0 Å². The van der Waals surface area contributed by atoms with Crippen molar-refractivity contribution in [3.8, 4) is 0 Å². The number of rotatable bonds is 4. The van der Waals surface area contributed by atoms with E-state index in [1.807, 2.05) is 12.1 Å². The van der Waals surface area contributed by atoms with E-state index in [9.17, 15) is 0 Å². The highest BCUT2D eigenvalue weighted by atomic mass is 35.5. The fourth-order valence-electron chi connectivity index (χ4n) is 2.35. The van der Waals surface area contributed by atoms with Crippen molar-refractivity contribution < 1.29 is 5.11 Å². The Labute approximate surface area is 113 Å². The fraction of sp³-hybridized carbons (Fsp3) is 0.615. The molecule has 1 fully saturated rings. The van der Waals surface area contributed by atoms with E-state index in [-0.39, 0.29) is 6.61 Å². The molecular formula is C13H20ClN3O. The molecule has 1 N–H and O–H groups in total. The van der Waals surface area contributed by atoms with Gasteiger partial charge in [0, 0.05) is 32.4 Å². The van der Waals surface area contributed by atoms with Crippen LogP contribution in [-0.2, 0) is 6.54 Å². The molecule has 18 heavy (non-hydrogen) atoms. The molecule has 2 rings (SSSR count). The summed E-state index contributed by atoms with van der Waals surface area (Å²) >= 11 is 5.89. The van der Waals surface area contributed by atoms with E-state index in [0.29, 0.717) is 5.15 Å². The van der Waals surface area contributed by atoms with E-state index in [1.54, 1.807) is 6.20 Å². The summed E-state index contributed by atoms with van der Waals surface area (Å²) in [6, 6.07) is 3.94. The molecule has 1 aliphatic heterocycles. The van der Waals surface area contributed by atoms with Gasteiger partial charge in [0.2, 0.25) is 0 Å². The number of β-amino-alcohol motifs (C(OH)–C–C–N with tert-alkyl or cyclic N) is 1. The van der Waals surface area contributed by atoms with Crippen LogP contribution in [0.25, 0.3) is 0 Å². The first-order chi connectivity index (χ1) is 8.78. The zero-order valence-electron chi connectivity index (χ0n) is 10.6. The topological polar surface area (TPSA) is 39.6 Å². The van der Waals surface area contributed by atoms with Crippen molar-refractivity contribution in [3.63, 3.8) is 0 Å². The van der Waals surface area contributed by atoms with Gasteiger partial charge in [0.05, 0.1) is 6.61 Å². The van der Waals surface area contributed by atoms with E-state index >= 15 is 0 Å². The van der Waals surface area contributed by atoms with E-state index in [4.69, 9.17) is 16.7 Å². The monoisotopic (exact) mass is 269 g/mol. The van der Waals surface area contributed by atoms with Crippen molar-refractivity contribution in [2.24, 2.45) is 0 Å². The number of aliphatic hydroxyl groups excluding tert-OH is 1. The Morgan fingerprint density at radius 3 is 2.78 bits per heavy atom. The number of aliphatic hydroxyl groups is 1. The van der Waals surface area contributed by atoms with E-state index in [1.165, 1.54) is 5.56 Å². The molecular weight excluding hydrogens is 250 g/mol. The Kier molecular flexibility index (Phi) is 5.38. The second-order valence-electron chi connectivity index (χ2n) is 4.68. The summed E-state index contributed by atoms with van der Waals surface area (Å²) in [5.74, 6) is 0. The predicted molar refractivity (Wildman–Crippen MR) is 72.7 cm³/mol. The molecule has 1 aromatic rings. The largest absolute Gasteiger partial charge is 0.395 e. The average Bonchev–Trinajstić information content (AvgIpc) is 2.56. The third-order valence-electron chi connectivity index (χ3n) is 3.29. The zero-order valence-corrected chi connectivity index (χ0v) is 11.3. The smallest absolute Gasteiger partial charge is 0.129 e. The van der Waals surface area contributed by atoms with Crippen molar-refractivity contribution in [2.45, 2.75) is 13.0 Å². The number of pyridine rings is 1. The first-order valence-electron chi connectivity index (χ1n) is 6.44. The molecule has 0 spiro atoms. The Morgan fingerprint density at radius 2 is 2.00 bits per heavy atom. The van der Waals surface area contributed by atoms with Gasteiger partial charge in [0.1, 0.15) is 5.15 Å². The molecule has 0 amide bonds. The van der Waals surface area contributed by atoms with Crippen LogP contribution in [0.2, 0.25) is 5.15 Å². The number of nitrogens with zero attached hydrogens (tertiary/aromatic N) is 3. The molecule has 0 radical (unpaired) electrons. The van der Waals surface area contributed by atoms with Gasteiger partial charge in [-0.15, -0.1) is 0 Å². The molecule has 0 atom stereocenters. The molecule has 0 aromatic carbocycles. The van der Waals surface area contributed by atoms with Crippen LogP contribution in [0.5, 0.6) is 0 Å². The first-order valence-corrected chi connectivity index (χ1v) is 6.82. The van der Waals surface area contributed by atoms with Crippen molar-refractivity contribution in [1.29, 1.82) is 0 Å². The Hall–Kier alpha value is -0.680. The lowest BCUT2D eigenvalue weighted by Gasteiger charge is -2.21. The van der Waals surface area contributed by atoms with Crippen LogP contribution < -0.4 is 0 Å². The van der Waals surface area contributed by atoms with Crippen LogP contribution in [0.15, 0.2) is 18.3 Å². The van der Waals surface area contributed by atoms with E-state index < -0.39 is 0 Å². The molecule has 0 unspecified atom stereocenters. The van der Waals surface area contributed by atoms with Crippen LogP contribution in [0.4, 0.5) is 0 Å². The molecule has 4 nitrogen and oxygen atoms in total. The number of halogens is 1. The minimum Gasteiger partial charge on any atom is -0.395 e. The summed E-state index contributed by atoms with van der Waals surface area (Å²) in [5, 5.41) is 9.52. The lowest BCUT2D eigenvalue weighted by Crippen LogP contribution is -2.32. The fourth-order valence-corrected chi connectivity index (χ4v) is 2.54. The van der Waals surface area contributed by atoms with Crippen LogP contribution in [0, 0.1) is 0 Å². The van der Waals surface area contributed by atoms with Crippen molar-refractivity contribution in [3.05, 3.63) is 29.0 Å². The number of hydrogen-bond acceptors (Lipinski definition) is 4. The molecule has 2 heterocycles. The summed E-state index contributed by atoms with van der Waals surface area (Å²) in [5.41, 5.74) is 1.21. The molecule has 0 bridgehead atoms. The Balaban J connectivity index is 1.87. The lowest BCUT2D eigenvalue weighted by molar-refractivity contribution is 0.196. The van der Waals surface area contributed by atoms with Gasteiger partial charge in [0.15, 0.2) is 0 Å².